The van der Waals surface area contributed by atoms with Gasteiger partial charge in [-0.2, -0.15) is 0 Å². The maximum Gasteiger partial charge on any atom is 0.250 e. The molecular weight excluding hydrogens is 298 g/mol. The molecule has 2 aromatic rings. The van der Waals surface area contributed by atoms with Crippen molar-refractivity contribution in [2.45, 2.75) is 6.54 Å². The fourth-order valence-corrected chi connectivity index (χ4v) is 2.53. The number of thiophene rings is 1. The Bertz CT molecular complexity index is 534. The van der Waals surface area contributed by atoms with Gasteiger partial charge in [0.15, 0.2) is 0 Å². The van der Waals surface area contributed by atoms with Gasteiger partial charge >= 0.3 is 0 Å². The molecule has 0 aliphatic rings. The number of hydrogen-bond donors (Lipinski definition) is 0. The third kappa shape index (κ3) is 2.71. The van der Waals surface area contributed by atoms with Crippen molar-refractivity contribution in [2.75, 3.05) is 0 Å². The second kappa shape index (κ2) is 4.51. The van der Waals surface area contributed by atoms with Gasteiger partial charge < -0.3 is 4.57 Å². The molecule has 0 saturated carbocycles. The Morgan fingerprint density at radius 2 is 2.27 bits per heavy atom. The third-order valence-corrected chi connectivity index (χ3v) is 3.53. The molecule has 0 N–H and O–H groups in total. The third-order valence-electron chi connectivity index (χ3n) is 1.92. The predicted molar refractivity (Wildman–Crippen MR) is 66.8 cm³/mol. The molecule has 0 aliphatic heterocycles. The lowest BCUT2D eigenvalue weighted by molar-refractivity contribution is 0.758. The minimum Gasteiger partial charge on any atom is -0.310 e. The van der Waals surface area contributed by atoms with Crippen molar-refractivity contribution in [1.82, 2.24) is 4.57 Å². The van der Waals surface area contributed by atoms with Crippen LogP contribution in [-0.4, -0.2) is 4.57 Å². The second-order valence-electron chi connectivity index (χ2n) is 3.07. The Balaban J connectivity index is 2.31. The first-order valence-corrected chi connectivity index (χ1v) is 6.29. The molecule has 2 nitrogen and oxygen atoms in total. The Hall–Kier alpha value is -0.580. The molecule has 2 heterocycles. The molecule has 0 spiro atoms. The van der Waals surface area contributed by atoms with Crippen LogP contribution in [0.4, 0.5) is 0 Å². The van der Waals surface area contributed by atoms with E-state index < -0.39 is 0 Å². The summed E-state index contributed by atoms with van der Waals surface area (Å²) in [5, 5.41) is 1.95. The van der Waals surface area contributed by atoms with Crippen molar-refractivity contribution in [2.24, 2.45) is 0 Å². The lowest BCUT2D eigenvalue weighted by Gasteiger charge is -2.03. The van der Waals surface area contributed by atoms with Crippen molar-refractivity contribution in [3.05, 3.63) is 54.5 Å². The largest absolute Gasteiger partial charge is 0.310 e. The van der Waals surface area contributed by atoms with Gasteiger partial charge in [0.1, 0.15) is 0 Å². The molecule has 0 aliphatic carbocycles. The van der Waals surface area contributed by atoms with Gasteiger partial charge in [-0.15, -0.1) is 11.3 Å². The predicted octanol–water partition coefficient (Wildman–Crippen LogP) is 3.37. The van der Waals surface area contributed by atoms with Gasteiger partial charge in [-0.05, 0) is 39.0 Å². The molecule has 0 unspecified atom stereocenters. The van der Waals surface area contributed by atoms with Gasteiger partial charge in [-0.25, -0.2) is 0 Å². The topological polar surface area (TPSA) is 22.0 Å². The van der Waals surface area contributed by atoms with Crippen molar-refractivity contribution >= 4 is 38.9 Å². The Morgan fingerprint density at radius 1 is 1.47 bits per heavy atom. The van der Waals surface area contributed by atoms with Crippen LogP contribution in [0.3, 0.4) is 0 Å². The number of hydrogen-bond acceptors (Lipinski definition) is 2. The fourth-order valence-electron chi connectivity index (χ4n) is 1.25. The highest BCUT2D eigenvalue weighted by atomic mass is 79.9. The maximum atomic E-state index is 11.5. The summed E-state index contributed by atoms with van der Waals surface area (Å²) in [6.45, 7) is 0.557. The van der Waals surface area contributed by atoms with E-state index in [1.165, 1.54) is 17.4 Å². The zero-order valence-corrected chi connectivity index (χ0v) is 10.8. The highest BCUT2D eigenvalue weighted by Crippen LogP contribution is 2.20. The Labute approximate surface area is 104 Å². The van der Waals surface area contributed by atoms with Crippen LogP contribution < -0.4 is 5.56 Å². The van der Waals surface area contributed by atoms with Gasteiger partial charge in [0.2, 0.25) is 0 Å². The van der Waals surface area contributed by atoms with E-state index in [1.54, 1.807) is 16.8 Å². The molecule has 2 aromatic heterocycles. The lowest BCUT2D eigenvalue weighted by atomic mass is 10.3. The van der Waals surface area contributed by atoms with Crippen LogP contribution in [0.5, 0.6) is 0 Å². The zero-order valence-electron chi connectivity index (χ0n) is 7.61. The molecule has 0 bridgehead atoms. The normalized spacial score (nSPS) is 10.5. The molecule has 5 heteroatoms. The van der Waals surface area contributed by atoms with Gasteiger partial charge in [0, 0.05) is 16.7 Å². The fraction of sp³-hybridized carbons (Fsp3) is 0.100. The molecule has 2 rings (SSSR count). The summed E-state index contributed by atoms with van der Waals surface area (Å²) in [6.07, 6.45) is 1.77. The van der Waals surface area contributed by atoms with E-state index in [0.717, 1.165) is 14.4 Å². The second-order valence-corrected chi connectivity index (χ2v) is 5.53. The van der Waals surface area contributed by atoms with E-state index in [4.69, 9.17) is 11.6 Å². The minimum absolute atomic E-state index is 0.0134. The number of nitrogens with zero attached hydrogens (tertiary/aromatic N) is 1. The summed E-state index contributed by atoms with van der Waals surface area (Å²) in [5.41, 5.74) is 1.03. The van der Waals surface area contributed by atoms with Crippen LogP contribution in [0.2, 0.25) is 4.34 Å². The number of rotatable bonds is 2. The first kappa shape index (κ1) is 10.9. The highest BCUT2D eigenvalue weighted by molar-refractivity contribution is 9.10. The van der Waals surface area contributed by atoms with Gasteiger partial charge in [-0.1, -0.05) is 11.6 Å². The van der Waals surface area contributed by atoms with Crippen molar-refractivity contribution in [3.8, 4) is 0 Å². The molecule has 15 heavy (non-hydrogen) atoms. The van der Waals surface area contributed by atoms with E-state index in [2.05, 4.69) is 15.9 Å². The molecule has 0 radical (unpaired) electrons. The van der Waals surface area contributed by atoms with E-state index in [1.807, 2.05) is 11.4 Å². The average molecular weight is 305 g/mol. The van der Waals surface area contributed by atoms with Gasteiger partial charge in [0.05, 0.1) is 10.9 Å². The summed E-state index contributed by atoms with van der Waals surface area (Å²) in [5.74, 6) is 0. The van der Waals surface area contributed by atoms with Crippen LogP contribution in [-0.2, 0) is 6.54 Å². The van der Waals surface area contributed by atoms with Gasteiger partial charge in [0.25, 0.3) is 5.56 Å². The quantitative estimate of drug-likeness (QED) is 0.834. The molecule has 0 atom stereocenters. The summed E-state index contributed by atoms with van der Waals surface area (Å²) in [4.78, 5) is 11.5. The van der Waals surface area contributed by atoms with Crippen molar-refractivity contribution < 1.29 is 0 Å². The minimum atomic E-state index is -0.0134. The van der Waals surface area contributed by atoms with Crippen LogP contribution in [0.15, 0.2) is 39.0 Å². The van der Waals surface area contributed by atoms with Gasteiger partial charge in [-0.3, -0.25) is 4.79 Å². The molecule has 0 fully saturated rings. The highest BCUT2D eigenvalue weighted by Gasteiger charge is 2.01. The number of pyridine rings is 1. The smallest absolute Gasteiger partial charge is 0.250 e. The zero-order chi connectivity index (χ0) is 10.8. The first-order valence-electron chi connectivity index (χ1n) is 4.24. The van der Waals surface area contributed by atoms with E-state index in [-0.39, 0.29) is 5.56 Å². The van der Waals surface area contributed by atoms with E-state index in [0.29, 0.717) is 6.54 Å². The van der Waals surface area contributed by atoms with E-state index in [9.17, 15) is 4.79 Å². The molecular formula is C10H7BrClNOS. The maximum absolute atomic E-state index is 11.5. The summed E-state index contributed by atoms with van der Waals surface area (Å²) in [6, 6.07) is 5.15. The summed E-state index contributed by atoms with van der Waals surface area (Å²) < 4.78 is 3.28. The van der Waals surface area contributed by atoms with Crippen molar-refractivity contribution in [3.63, 3.8) is 0 Å². The summed E-state index contributed by atoms with van der Waals surface area (Å²) in [7, 11) is 0. The van der Waals surface area contributed by atoms with Crippen LogP contribution in [0.1, 0.15) is 5.56 Å². The summed E-state index contributed by atoms with van der Waals surface area (Å²) >= 11 is 10.6. The monoisotopic (exact) mass is 303 g/mol. The number of aromatic nitrogens is 1. The van der Waals surface area contributed by atoms with Crippen LogP contribution >= 0.6 is 38.9 Å². The van der Waals surface area contributed by atoms with E-state index >= 15 is 0 Å². The van der Waals surface area contributed by atoms with Crippen LogP contribution in [0.25, 0.3) is 0 Å². The molecule has 78 valence electrons. The van der Waals surface area contributed by atoms with Crippen molar-refractivity contribution in [1.29, 1.82) is 0 Å². The molecule has 0 amide bonds. The van der Waals surface area contributed by atoms with Crippen LogP contribution in [0, 0.1) is 0 Å². The molecule has 0 aromatic carbocycles. The number of halogens is 2. The first-order chi connectivity index (χ1) is 7.15. The Kier molecular flexibility index (Phi) is 3.29. The SMILES string of the molecule is O=c1ccc(Br)cn1Cc1csc(Cl)c1. The lowest BCUT2D eigenvalue weighted by Crippen LogP contribution is -2.18. The standard InChI is InChI=1S/C10H7BrClNOS/c11-8-1-2-10(14)13(5-8)4-7-3-9(12)15-6-7/h1-3,5-6H,4H2. The Morgan fingerprint density at radius 3 is 2.93 bits per heavy atom. The average Bonchev–Trinajstić information content (AvgIpc) is 2.58. The molecule has 0 saturated heterocycles.